The van der Waals surface area contributed by atoms with Crippen molar-refractivity contribution in [2.75, 3.05) is 19.8 Å². The van der Waals surface area contributed by atoms with Gasteiger partial charge in [0.25, 0.3) is 5.91 Å². The fourth-order valence-corrected chi connectivity index (χ4v) is 3.74. The highest BCUT2D eigenvalue weighted by Crippen LogP contribution is 2.38. The van der Waals surface area contributed by atoms with E-state index in [9.17, 15) is 4.79 Å². The molecule has 4 nitrogen and oxygen atoms in total. The van der Waals surface area contributed by atoms with E-state index in [2.05, 4.69) is 40.4 Å². The van der Waals surface area contributed by atoms with Crippen LogP contribution in [0.25, 0.3) is 0 Å². The molecule has 1 spiro atoms. The fourth-order valence-electron chi connectivity index (χ4n) is 3.74. The normalized spacial score (nSPS) is 24.0. The van der Waals surface area contributed by atoms with Crippen molar-refractivity contribution in [3.05, 3.63) is 35.9 Å². The summed E-state index contributed by atoms with van der Waals surface area (Å²) < 4.78 is 5.55. The minimum Gasteiger partial charge on any atom is -0.381 e. The number of nitrogens with one attached hydrogen (secondary N) is 1. The number of carbonyl (C=O) groups excluding carboxylic acids is 1. The summed E-state index contributed by atoms with van der Waals surface area (Å²) in [5.74, 6) is 1.84. The van der Waals surface area contributed by atoms with E-state index in [1.807, 2.05) is 6.07 Å². The fraction of sp³-hybridized carbons (Fsp3) is 0.500. The molecule has 1 aromatic carbocycles. The van der Waals surface area contributed by atoms with Crippen molar-refractivity contribution in [1.29, 1.82) is 0 Å². The molecule has 0 bridgehead atoms. The summed E-state index contributed by atoms with van der Waals surface area (Å²) in [7, 11) is 0. The van der Waals surface area contributed by atoms with Gasteiger partial charge in [0, 0.05) is 37.9 Å². The molecule has 2 aliphatic heterocycles. The SMILES string of the molecule is C#CC(=O)NC1CN(Cc2ccccc2)C2(CCOCC2)C1. The van der Waals surface area contributed by atoms with E-state index in [1.165, 1.54) is 5.56 Å². The maximum atomic E-state index is 11.5. The highest BCUT2D eigenvalue weighted by Gasteiger charge is 2.46. The van der Waals surface area contributed by atoms with E-state index in [0.717, 1.165) is 45.6 Å². The molecule has 1 N–H and O–H groups in total. The lowest BCUT2D eigenvalue weighted by atomic mass is 9.86. The number of ether oxygens (including phenoxy) is 1. The minimum absolute atomic E-state index is 0.126. The summed E-state index contributed by atoms with van der Waals surface area (Å²) in [5.41, 5.74) is 1.43. The van der Waals surface area contributed by atoms with Crippen molar-refractivity contribution >= 4 is 5.91 Å². The zero-order chi connectivity index (χ0) is 15.4. The van der Waals surface area contributed by atoms with Gasteiger partial charge < -0.3 is 10.1 Å². The first-order valence-electron chi connectivity index (χ1n) is 7.86. The monoisotopic (exact) mass is 298 g/mol. The number of hydrogen-bond acceptors (Lipinski definition) is 3. The molecular weight excluding hydrogens is 276 g/mol. The third-order valence-electron chi connectivity index (χ3n) is 4.84. The molecule has 0 aliphatic carbocycles. The third-order valence-corrected chi connectivity index (χ3v) is 4.84. The lowest BCUT2D eigenvalue weighted by Gasteiger charge is -2.41. The summed E-state index contributed by atoms with van der Waals surface area (Å²) in [4.78, 5) is 14.0. The average Bonchev–Trinajstić information content (AvgIpc) is 2.85. The molecule has 0 saturated carbocycles. The number of likely N-dealkylation sites (tertiary alicyclic amines) is 1. The quantitative estimate of drug-likeness (QED) is 0.861. The number of rotatable bonds is 3. The average molecular weight is 298 g/mol. The number of terminal acetylenes is 1. The Hall–Kier alpha value is -1.83. The molecule has 0 aromatic heterocycles. The largest absolute Gasteiger partial charge is 0.381 e. The minimum atomic E-state index is -0.311. The van der Waals surface area contributed by atoms with Crippen LogP contribution in [0.5, 0.6) is 0 Å². The topological polar surface area (TPSA) is 41.6 Å². The predicted molar refractivity (Wildman–Crippen MR) is 85.0 cm³/mol. The Morgan fingerprint density at radius 2 is 2.09 bits per heavy atom. The van der Waals surface area contributed by atoms with Crippen molar-refractivity contribution in [3.63, 3.8) is 0 Å². The van der Waals surface area contributed by atoms with E-state index in [1.54, 1.807) is 0 Å². The maximum Gasteiger partial charge on any atom is 0.295 e. The molecule has 2 fully saturated rings. The first-order valence-corrected chi connectivity index (χ1v) is 7.86. The highest BCUT2D eigenvalue weighted by molar-refractivity contribution is 5.93. The first kappa shape index (κ1) is 15.1. The van der Waals surface area contributed by atoms with Gasteiger partial charge in [-0.1, -0.05) is 30.3 Å². The van der Waals surface area contributed by atoms with Gasteiger partial charge in [-0.3, -0.25) is 9.69 Å². The van der Waals surface area contributed by atoms with Crippen LogP contribution < -0.4 is 5.32 Å². The zero-order valence-corrected chi connectivity index (χ0v) is 12.8. The van der Waals surface area contributed by atoms with Crippen LogP contribution >= 0.6 is 0 Å². The van der Waals surface area contributed by atoms with E-state index in [-0.39, 0.29) is 17.5 Å². The van der Waals surface area contributed by atoms with Crippen molar-refractivity contribution < 1.29 is 9.53 Å². The standard InChI is InChI=1S/C18H22N2O2/c1-2-17(21)19-16-12-18(8-10-22-11-9-18)20(14-16)13-15-6-4-3-5-7-15/h1,3-7,16H,8-14H2,(H,19,21). The molecule has 2 saturated heterocycles. The summed E-state index contributed by atoms with van der Waals surface area (Å²) in [6.07, 6.45) is 8.17. The summed E-state index contributed by atoms with van der Waals surface area (Å²) in [6, 6.07) is 10.6. The number of nitrogens with zero attached hydrogens (tertiary/aromatic N) is 1. The van der Waals surface area contributed by atoms with Gasteiger partial charge >= 0.3 is 0 Å². The summed E-state index contributed by atoms with van der Waals surface area (Å²) >= 11 is 0. The molecule has 4 heteroatoms. The highest BCUT2D eigenvalue weighted by atomic mass is 16.5. The molecule has 22 heavy (non-hydrogen) atoms. The Morgan fingerprint density at radius 1 is 1.36 bits per heavy atom. The number of carbonyl (C=O) groups is 1. The number of amides is 1. The molecule has 1 atom stereocenters. The third kappa shape index (κ3) is 3.16. The molecular formula is C18H22N2O2. The number of benzene rings is 1. The second-order valence-electron chi connectivity index (χ2n) is 6.22. The van der Waals surface area contributed by atoms with Crippen molar-refractivity contribution in [3.8, 4) is 12.3 Å². The first-order chi connectivity index (χ1) is 10.7. The Kier molecular flexibility index (Phi) is 4.47. The predicted octanol–water partition coefficient (Wildman–Crippen LogP) is 1.56. The van der Waals surface area contributed by atoms with Gasteiger partial charge in [0.2, 0.25) is 0 Å². The van der Waals surface area contributed by atoms with E-state index in [0.29, 0.717) is 0 Å². The van der Waals surface area contributed by atoms with Crippen molar-refractivity contribution in [1.82, 2.24) is 10.2 Å². The molecule has 116 valence electrons. The second kappa shape index (κ2) is 6.51. The van der Waals surface area contributed by atoms with Crippen LogP contribution in [0.15, 0.2) is 30.3 Å². The van der Waals surface area contributed by atoms with E-state index >= 15 is 0 Å². The zero-order valence-electron chi connectivity index (χ0n) is 12.8. The van der Waals surface area contributed by atoms with Gasteiger partial charge in [-0.05, 0) is 30.7 Å². The Bertz CT molecular complexity index is 558. The van der Waals surface area contributed by atoms with Gasteiger partial charge in [0.1, 0.15) is 0 Å². The van der Waals surface area contributed by atoms with Crippen molar-refractivity contribution in [2.45, 2.75) is 37.4 Å². The lowest BCUT2D eigenvalue weighted by Crippen LogP contribution is -2.47. The second-order valence-corrected chi connectivity index (χ2v) is 6.22. The maximum absolute atomic E-state index is 11.5. The lowest BCUT2D eigenvalue weighted by molar-refractivity contribution is -0.116. The van der Waals surface area contributed by atoms with Crippen LogP contribution in [0.1, 0.15) is 24.8 Å². The van der Waals surface area contributed by atoms with Gasteiger partial charge in [0.05, 0.1) is 0 Å². The van der Waals surface area contributed by atoms with Crippen LogP contribution in [0.4, 0.5) is 0 Å². The van der Waals surface area contributed by atoms with E-state index in [4.69, 9.17) is 11.2 Å². The van der Waals surface area contributed by atoms with Crippen molar-refractivity contribution in [2.24, 2.45) is 0 Å². The molecule has 1 unspecified atom stereocenters. The van der Waals surface area contributed by atoms with Crippen LogP contribution in [-0.4, -0.2) is 42.1 Å². The van der Waals surface area contributed by atoms with Gasteiger partial charge in [-0.25, -0.2) is 0 Å². The van der Waals surface area contributed by atoms with Crippen LogP contribution in [-0.2, 0) is 16.1 Å². The Balaban J connectivity index is 1.75. The molecule has 2 aliphatic rings. The Morgan fingerprint density at radius 3 is 2.77 bits per heavy atom. The molecule has 0 radical (unpaired) electrons. The molecule has 2 heterocycles. The smallest absolute Gasteiger partial charge is 0.295 e. The van der Waals surface area contributed by atoms with Gasteiger partial charge in [0.15, 0.2) is 0 Å². The van der Waals surface area contributed by atoms with Crippen LogP contribution in [0, 0.1) is 12.3 Å². The molecule has 3 rings (SSSR count). The summed E-state index contributed by atoms with van der Waals surface area (Å²) in [5, 5.41) is 2.96. The van der Waals surface area contributed by atoms with Gasteiger partial charge in [-0.15, -0.1) is 6.42 Å². The Labute approximate surface area is 131 Å². The van der Waals surface area contributed by atoms with E-state index < -0.39 is 0 Å². The van der Waals surface area contributed by atoms with Crippen LogP contribution in [0.2, 0.25) is 0 Å². The molecule has 1 aromatic rings. The summed E-state index contributed by atoms with van der Waals surface area (Å²) in [6.45, 7) is 3.34. The number of hydrogen-bond donors (Lipinski definition) is 1. The van der Waals surface area contributed by atoms with Gasteiger partial charge in [-0.2, -0.15) is 0 Å². The van der Waals surface area contributed by atoms with Crippen LogP contribution in [0.3, 0.4) is 0 Å². The molecule has 1 amide bonds.